The summed E-state index contributed by atoms with van der Waals surface area (Å²) in [5, 5.41) is 1.87. The number of carbonyl (C=O) groups is 1. The highest BCUT2D eigenvalue weighted by molar-refractivity contribution is 5.89. The van der Waals surface area contributed by atoms with Crippen LogP contribution in [-0.2, 0) is 10.7 Å². The van der Waals surface area contributed by atoms with Crippen LogP contribution in [0.5, 0.6) is 0 Å². The highest BCUT2D eigenvalue weighted by Crippen LogP contribution is 2.32. The van der Waals surface area contributed by atoms with Crippen LogP contribution in [0.3, 0.4) is 0 Å². The van der Waals surface area contributed by atoms with Crippen LogP contribution in [0.4, 0.5) is 22.0 Å². The van der Waals surface area contributed by atoms with E-state index >= 15 is 0 Å². The first-order valence-electron chi connectivity index (χ1n) is 8.34. The third-order valence-electron chi connectivity index (χ3n) is 4.43. The number of rotatable bonds is 4. The molecule has 152 valence electrons. The molecule has 2 heterocycles. The molecule has 3 rings (SSSR count). The van der Waals surface area contributed by atoms with Crippen LogP contribution in [0.25, 0.3) is 10.9 Å². The molecule has 0 aliphatic carbocycles. The van der Waals surface area contributed by atoms with E-state index in [9.17, 15) is 31.5 Å². The maximum Gasteiger partial charge on any atom is 0.355 e. The second-order valence-corrected chi connectivity index (χ2v) is 6.43. The maximum atomic E-state index is 14.8. The van der Waals surface area contributed by atoms with E-state index < -0.39 is 52.1 Å². The first-order valence-corrected chi connectivity index (χ1v) is 8.34. The zero-order chi connectivity index (χ0) is 21.5. The Labute approximate surface area is 160 Å². The molecule has 1 aromatic carbocycles. The van der Waals surface area contributed by atoms with Crippen LogP contribution < -0.4 is 10.9 Å². The molecule has 0 aliphatic heterocycles. The summed E-state index contributed by atoms with van der Waals surface area (Å²) in [6.07, 6.45) is 0.673. The van der Waals surface area contributed by atoms with E-state index in [1.807, 2.05) is 5.32 Å². The van der Waals surface area contributed by atoms with Gasteiger partial charge in [-0.25, -0.2) is 13.2 Å². The fourth-order valence-corrected chi connectivity index (χ4v) is 3.02. The average Bonchev–Trinajstić information content (AvgIpc) is 2.62. The van der Waals surface area contributed by atoms with Gasteiger partial charge in [0.05, 0.1) is 23.5 Å². The molecule has 29 heavy (non-hydrogen) atoms. The van der Waals surface area contributed by atoms with Crippen molar-refractivity contribution in [3.8, 4) is 0 Å². The van der Waals surface area contributed by atoms with Crippen LogP contribution >= 0.6 is 0 Å². The summed E-state index contributed by atoms with van der Waals surface area (Å²) < 4.78 is 69.9. The Morgan fingerprint density at radius 1 is 1.17 bits per heavy atom. The van der Waals surface area contributed by atoms with E-state index in [1.165, 1.54) is 13.0 Å². The lowest BCUT2D eigenvalue weighted by Crippen LogP contribution is -2.43. The van der Waals surface area contributed by atoms with E-state index in [2.05, 4.69) is 9.97 Å². The van der Waals surface area contributed by atoms with Gasteiger partial charge in [0.1, 0.15) is 17.5 Å². The number of fused-ring (bicyclic) bond motifs is 1. The number of hydrogen-bond acceptors (Lipinski definition) is 3. The summed E-state index contributed by atoms with van der Waals surface area (Å²) in [5.41, 5.74) is -2.99. The van der Waals surface area contributed by atoms with Gasteiger partial charge in [-0.05, 0) is 37.6 Å². The van der Waals surface area contributed by atoms with Crippen molar-refractivity contribution in [2.75, 3.05) is 0 Å². The lowest BCUT2D eigenvalue weighted by Gasteiger charge is -2.21. The predicted octanol–water partition coefficient (Wildman–Crippen LogP) is 3.62. The summed E-state index contributed by atoms with van der Waals surface area (Å²) in [7, 11) is 0. The number of pyridine rings is 2. The molecule has 0 aliphatic rings. The van der Waals surface area contributed by atoms with Crippen LogP contribution in [0, 0.1) is 24.4 Å². The molecule has 1 atom stereocenters. The minimum Gasteiger partial charge on any atom is -0.342 e. The smallest absolute Gasteiger partial charge is 0.342 e. The van der Waals surface area contributed by atoms with Gasteiger partial charge in [0, 0.05) is 17.0 Å². The summed E-state index contributed by atoms with van der Waals surface area (Å²) in [4.78, 5) is 30.1. The third kappa shape index (κ3) is 3.69. The Kier molecular flexibility index (Phi) is 5.12. The number of amides is 1. The van der Waals surface area contributed by atoms with Crippen molar-refractivity contribution in [2.45, 2.75) is 25.8 Å². The van der Waals surface area contributed by atoms with E-state index in [0.29, 0.717) is 12.3 Å². The Morgan fingerprint density at radius 2 is 1.86 bits per heavy atom. The molecule has 5 nitrogen and oxygen atoms in total. The van der Waals surface area contributed by atoms with Crippen molar-refractivity contribution < 1.29 is 26.7 Å². The van der Waals surface area contributed by atoms with Crippen molar-refractivity contribution in [1.82, 2.24) is 15.3 Å². The standard InChI is InChI=1S/C19H14F5N3O2/c1-8-12-5-10(20)3-4-14(12)27-17(28)15(8)19(23,24)18(29)26-9(2)16-13(22)6-11(21)7-25-16/h3-7,9H,1-2H3,(H,26,29)(H,27,28)/t9-/m0/s1. The molecule has 2 aromatic heterocycles. The number of benzene rings is 1. The fourth-order valence-electron chi connectivity index (χ4n) is 3.02. The Morgan fingerprint density at radius 3 is 2.52 bits per heavy atom. The van der Waals surface area contributed by atoms with Crippen molar-refractivity contribution in [1.29, 1.82) is 0 Å². The lowest BCUT2D eigenvalue weighted by molar-refractivity contribution is -0.148. The molecule has 3 aromatic rings. The largest absolute Gasteiger partial charge is 0.355 e. The van der Waals surface area contributed by atoms with Gasteiger partial charge in [-0.3, -0.25) is 14.6 Å². The molecule has 0 saturated heterocycles. The third-order valence-corrected chi connectivity index (χ3v) is 4.43. The Hall–Kier alpha value is -3.30. The van der Waals surface area contributed by atoms with Gasteiger partial charge in [-0.1, -0.05) is 0 Å². The van der Waals surface area contributed by atoms with E-state index in [4.69, 9.17) is 0 Å². The first-order chi connectivity index (χ1) is 13.5. The molecule has 2 N–H and O–H groups in total. The number of H-pyrrole nitrogens is 1. The van der Waals surface area contributed by atoms with E-state index in [0.717, 1.165) is 19.1 Å². The molecule has 0 bridgehead atoms. The maximum absolute atomic E-state index is 14.8. The number of aromatic nitrogens is 2. The van der Waals surface area contributed by atoms with Crippen molar-refractivity contribution in [3.63, 3.8) is 0 Å². The molecular formula is C19H14F5N3O2. The Bertz CT molecular complexity index is 1180. The quantitative estimate of drug-likeness (QED) is 0.644. The number of aryl methyl sites for hydroxylation is 1. The minimum absolute atomic E-state index is 0.00590. The number of hydrogen-bond donors (Lipinski definition) is 2. The highest BCUT2D eigenvalue weighted by atomic mass is 19.3. The van der Waals surface area contributed by atoms with E-state index in [-0.39, 0.29) is 16.5 Å². The molecule has 0 saturated carbocycles. The predicted molar refractivity (Wildman–Crippen MR) is 93.9 cm³/mol. The number of carbonyl (C=O) groups excluding carboxylic acids is 1. The minimum atomic E-state index is -4.32. The molecule has 0 unspecified atom stereocenters. The van der Waals surface area contributed by atoms with Gasteiger partial charge in [0.2, 0.25) is 0 Å². The van der Waals surface area contributed by atoms with Crippen molar-refractivity contribution in [2.24, 2.45) is 0 Å². The van der Waals surface area contributed by atoms with E-state index in [1.54, 1.807) is 0 Å². The first kappa shape index (κ1) is 20.4. The summed E-state index contributed by atoms with van der Waals surface area (Å²) in [6, 6.07) is 2.38. The second kappa shape index (κ2) is 7.26. The molecule has 0 radical (unpaired) electrons. The topological polar surface area (TPSA) is 74.8 Å². The molecule has 0 spiro atoms. The van der Waals surface area contributed by atoms with Gasteiger partial charge >= 0.3 is 5.92 Å². The fraction of sp³-hybridized carbons (Fsp3) is 0.211. The molecule has 1 amide bonds. The van der Waals surface area contributed by atoms with Gasteiger partial charge < -0.3 is 10.3 Å². The van der Waals surface area contributed by atoms with Gasteiger partial charge in [-0.15, -0.1) is 0 Å². The number of halogens is 5. The van der Waals surface area contributed by atoms with Crippen molar-refractivity contribution in [3.05, 3.63) is 75.1 Å². The summed E-state index contributed by atoms with van der Waals surface area (Å²) >= 11 is 0. The molecule has 10 heteroatoms. The van der Waals surface area contributed by atoms with Crippen LogP contribution in [-0.4, -0.2) is 15.9 Å². The number of nitrogens with zero attached hydrogens (tertiary/aromatic N) is 1. The van der Waals surface area contributed by atoms with Gasteiger partial charge in [0.25, 0.3) is 11.5 Å². The zero-order valence-corrected chi connectivity index (χ0v) is 15.1. The van der Waals surface area contributed by atoms with Crippen LogP contribution in [0.2, 0.25) is 0 Å². The zero-order valence-electron chi connectivity index (χ0n) is 15.1. The average molecular weight is 411 g/mol. The van der Waals surface area contributed by atoms with Gasteiger partial charge in [-0.2, -0.15) is 8.78 Å². The summed E-state index contributed by atoms with van der Waals surface area (Å²) in [5.74, 6) is -9.02. The van der Waals surface area contributed by atoms with Crippen LogP contribution in [0.15, 0.2) is 35.3 Å². The number of aromatic amines is 1. The van der Waals surface area contributed by atoms with Gasteiger partial charge in [0.15, 0.2) is 0 Å². The SMILES string of the molecule is Cc1c(C(F)(F)C(=O)N[C@@H](C)c2ncc(F)cc2F)c(=O)[nH]c2ccc(F)cc12. The molecular weight excluding hydrogens is 397 g/mol. The number of alkyl halides is 2. The lowest BCUT2D eigenvalue weighted by atomic mass is 9.99. The number of nitrogens with one attached hydrogen (secondary N) is 2. The highest BCUT2D eigenvalue weighted by Gasteiger charge is 2.45. The second-order valence-electron chi connectivity index (χ2n) is 6.43. The normalized spacial score (nSPS) is 12.8. The monoisotopic (exact) mass is 411 g/mol. The molecule has 0 fully saturated rings. The summed E-state index contributed by atoms with van der Waals surface area (Å²) in [6.45, 7) is 2.34. The Balaban J connectivity index is 1.99. The van der Waals surface area contributed by atoms with Crippen LogP contribution in [0.1, 0.15) is 29.8 Å². The van der Waals surface area contributed by atoms with Crippen molar-refractivity contribution >= 4 is 16.8 Å².